The Bertz CT molecular complexity index is 314. The van der Waals surface area contributed by atoms with E-state index in [-0.39, 0.29) is 11.5 Å². The number of benzene rings is 1. The lowest BCUT2D eigenvalue weighted by atomic mass is 10.0. The largest absolute Gasteiger partial charge is 0.762 e. The Morgan fingerprint density at radius 3 is 1.80 bits per heavy atom. The molecule has 0 aromatic heterocycles. The average Bonchev–Trinajstić information content (AvgIpc) is 2.11. The molecule has 0 heterocycles. The smallest absolute Gasteiger partial charge is 0.508 e. The summed E-state index contributed by atoms with van der Waals surface area (Å²) in [6, 6.07) is 1.57. The Morgan fingerprint density at radius 1 is 1.00 bits per heavy atom. The van der Waals surface area contributed by atoms with Gasteiger partial charge in [-0.3, -0.25) is 12.9 Å². The highest BCUT2D eigenvalue weighted by Crippen LogP contribution is 2.30. The van der Waals surface area contributed by atoms with Gasteiger partial charge in [0.25, 0.3) is 0 Å². The summed E-state index contributed by atoms with van der Waals surface area (Å²) in [6.45, 7) is 5.34. The Balaban J connectivity index is 0.000000423. The molecular weight excluding hydrogens is 208 g/mol. The summed E-state index contributed by atoms with van der Waals surface area (Å²) in [4.78, 5) is 0. The Labute approximate surface area is 86.6 Å². The van der Waals surface area contributed by atoms with E-state index in [1.165, 1.54) is 0 Å². The first-order valence-corrected chi connectivity index (χ1v) is 4.18. The second-order valence-corrected chi connectivity index (χ2v) is 3.06. The molecule has 15 heavy (non-hydrogen) atoms. The van der Waals surface area contributed by atoms with Crippen molar-refractivity contribution in [2.45, 2.75) is 20.8 Å². The van der Waals surface area contributed by atoms with E-state index in [0.29, 0.717) is 5.56 Å². The average molecular weight is 220 g/mol. The highest BCUT2D eigenvalue weighted by molar-refractivity contribution is 6.33. The normalized spacial score (nSPS) is 9.20. The van der Waals surface area contributed by atoms with Gasteiger partial charge in [-0.1, -0.05) is 0 Å². The van der Waals surface area contributed by atoms with Crippen LogP contribution in [-0.4, -0.2) is 17.8 Å². The number of rotatable bonds is 0. The van der Waals surface area contributed by atoms with Crippen molar-refractivity contribution in [1.29, 1.82) is 0 Å². The molecule has 0 radical (unpaired) electrons. The monoisotopic (exact) mass is 220 g/mol. The lowest BCUT2D eigenvalue weighted by molar-refractivity contribution is 0.449. The molecule has 6 heteroatoms. The van der Waals surface area contributed by atoms with Gasteiger partial charge in [-0.25, -0.2) is 0 Å². The predicted octanol–water partition coefficient (Wildman–Crippen LogP) is 2.90. The third-order valence-corrected chi connectivity index (χ3v) is 2.03. The van der Waals surface area contributed by atoms with Gasteiger partial charge in [0.05, 0.1) is 0 Å². The van der Waals surface area contributed by atoms with Gasteiger partial charge in [0.15, 0.2) is 0 Å². The minimum absolute atomic E-state index is 0.248. The van der Waals surface area contributed by atoms with Crippen LogP contribution < -0.4 is 0 Å². The SMILES string of the molecule is Cc1cc(O)c(C)c(C)c1O.FB(F)F. The van der Waals surface area contributed by atoms with Crippen molar-refractivity contribution in [3.63, 3.8) is 0 Å². The van der Waals surface area contributed by atoms with Crippen LogP contribution in [0.3, 0.4) is 0 Å². The number of hydrogen-bond donors (Lipinski definition) is 2. The summed E-state index contributed by atoms with van der Waals surface area (Å²) in [6.07, 6.45) is 0. The molecule has 0 saturated carbocycles. The van der Waals surface area contributed by atoms with E-state index in [1.54, 1.807) is 26.8 Å². The second-order valence-electron chi connectivity index (χ2n) is 3.06. The van der Waals surface area contributed by atoms with Crippen molar-refractivity contribution in [3.05, 3.63) is 22.8 Å². The van der Waals surface area contributed by atoms with Crippen LogP contribution in [0, 0.1) is 20.8 Å². The lowest BCUT2D eigenvalue weighted by Crippen LogP contribution is -1.85. The van der Waals surface area contributed by atoms with Crippen LogP contribution in [0.15, 0.2) is 6.07 Å². The van der Waals surface area contributed by atoms with Crippen molar-refractivity contribution in [1.82, 2.24) is 0 Å². The Kier molecular flexibility index (Phi) is 5.04. The second kappa shape index (κ2) is 5.53. The van der Waals surface area contributed by atoms with Crippen molar-refractivity contribution in [2.24, 2.45) is 0 Å². The van der Waals surface area contributed by atoms with Gasteiger partial charge in [-0.05, 0) is 43.5 Å². The molecule has 0 unspecified atom stereocenters. The molecule has 2 N–H and O–H groups in total. The van der Waals surface area contributed by atoms with Gasteiger partial charge in [0.2, 0.25) is 0 Å². The number of phenolic OH excluding ortho intramolecular Hbond substituents is 2. The Morgan fingerprint density at radius 2 is 1.40 bits per heavy atom. The molecule has 0 spiro atoms. The maximum atomic E-state index is 9.67. The third-order valence-electron chi connectivity index (χ3n) is 2.03. The highest BCUT2D eigenvalue weighted by Gasteiger charge is 2.07. The van der Waals surface area contributed by atoms with Crippen LogP contribution in [0.25, 0.3) is 0 Å². The molecule has 1 rings (SSSR count). The summed E-state index contributed by atoms with van der Waals surface area (Å²) >= 11 is 0. The summed E-state index contributed by atoms with van der Waals surface area (Å²) in [5, 5.41) is 18.7. The highest BCUT2D eigenvalue weighted by atomic mass is 19.4. The van der Waals surface area contributed by atoms with E-state index >= 15 is 0 Å². The van der Waals surface area contributed by atoms with Crippen LogP contribution in [-0.2, 0) is 0 Å². The molecule has 0 saturated heterocycles. The zero-order chi connectivity index (χ0) is 12.2. The van der Waals surface area contributed by atoms with Crippen molar-refractivity contribution < 1.29 is 23.2 Å². The van der Waals surface area contributed by atoms with Crippen molar-refractivity contribution in [2.75, 3.05) is 0 Å². The predicted molar refractivity (Wildman–Crippen MR) is 53.1 cm³/mol. The molecule has 0 fully saturated rings. The number of hydrogen-bond acceptors (Lipinski definition) is 2. The molecule has 2 nitrogen and oxygen atoms in total. The van der Waals surface area contributed by atoms with E-state index in [9.17, 15) is 23.2 Å². The van der Waals surface area contributed by atoms with E-state index in [2.05, 4.69) is 0 Å². The first-order valence-electron chi connectivity index (χ1n) is 4.18. The maximum Gasteiger partial charge on any atom is 0.762 e. The summed E-state index contributed by atoms with van der Waals surface area (Å²) in [5.74, 6) is 0.526. The molecule has 0 amide bonds. The van der Waals surface area contributed by atoms with E-state index in [1.807, 2.05) is 0 Å². The number of aryl methyl sites for hydroxylation is 1. The number of phenols is 2. The van der Waals surface area contributed by atoms with Gasteiger partial charge in [-0.2, -0.15) is 0 Å². The molecule has 0 aliphatic heterocycles. The minimum Gasteiger partial charge on any atom is -0.508 e. The molecule has 1 aromatic rings. The molecule has 0 atom stereocenters. The number of halogens is 3. The van der Waals surface area contributed by atoms with E-state index in [4.69, 9.17) is 0 Å². The van der Waals surface area contributed by atoms with Crippen LogP contribution in [0.1, 0.15) is 16.7 Å². The zero-order valence-electron chi connectivity index (χ0n) is 8.68. The van der Waals surface area contributed by atoms with E-state index in [0.717, 1.165) is 11.1 Å². The van der Waals surface area contributed by atoms with Crippen LogP contribution in [0.4, 0.5) is 12.9 Å². The summed E-state index contributed by atoms with van der Waals surface area (Å²) < 4.78 is 29.0. The molecule has 1 aromatic carbocycles. The van der Waals surface area contributed by atoms with Gasteiger partial charge in [-0.15, -0.1) is 0 Å². The number of aromatic hydroxyl groups is 2. The fourth-order valence-corrected chi connectivity index (χ4v) is 1.05. The lowest BCUT2D eigenvalue weighted by Gasteiger charge is -2.07. The van der Waals surface area contributed by atoms with Crippen LogP contribution >= 0.6 is 0 Å². The third kappa shape index (κ3) is 4.14. The van der Waals surface area contributed by atoms with Crippen molar-refractivity contribution in [3.8, 4) is 11.5 Å². The molecule has 0 aliphatic rings. The topological polar surface area (TPSA) is 40.5 Å². The zero-order valence-corrected chi connectivity index (χ0v) is 8.68. The van der Waals surface area contributed by atoms with Crippen LogP contribution in [0.2, 0.25) is 0 Å². The fraction of sp³-hybridized carbons (Fsp3) is 0.333. The van der Waals surface area contributed by atoms with Gasteiger partial charge >= 0.3 is 7.54 Å². The van der Waals surface area contributed by atoms with Gasteiger partial charge in [0, 0.05) is 0 Å². The summed E-state index contributed by atoms with van der Waals surface area (Å²) in [7, 11) is -3.67. The molecule has 0 aliphatic carbocycles. The van der Waals surface area contributed by atoms with Crippen molar-refractivity contribution >= 4 is 7.54 Å². The minimum atomic E-state index is -3.67. The molecule has 0 bridgehead atoms. The van der Waals surface area contributed by atoms with Crippen LogP contribution in [0.5, 0.6) is 11.5 Å². The van der Waals surface area contributed by atoms with Gasteiger partial charge < -0.3 is 10.2 Å². The standard InChI is InChI=1S/C9H12O2.BF3/c1-5-4-8(10)6(2)7(3)9(5)11;2-1(3)4/h4,10-11H,1-3H3;. The maximum absolute atomic E-state index is 9.67. The molecule has 84 valence electrons. The quantitative estimate of drug-likeness (QED) is 0.521. The van der Waals surface area contributed by atoms with E-state index < -0.39 is 7.54 Å². The first kappa shape index (κ1) is 13.7. The Hall–Kier alpha value is -1.33. The van der Waals surface area contributed by atoms with Gasteiger partial charge in [0.1, 0.15) is 11.5 Å². The molecular formula is C9H12BF3O2. The first-order chi connectivity index (χ1) is 6.77. The fourth-order valence-electron chi connectivity index (χ4n) is 1.05. The summed E-state index contributed by atoms with van der Waals surface area (Å²) in [5.41, 5.74) is 2.21.